The number of esters is 1. The molecule has 0 unspecified atom stereocenters. The molecule has 0 aliphatic rings. The van der Waals surface area contributed by atoms with Crippen LogP contribution in [0.5, 0.6) is 0 Å². The minimum Gasteiger partial charge on any atom is -0.452 e. The quantitative estimate of drug-likeness (QED) is 0.598. The van der Waals surface area contributed by atoms with Crippen molar-refractivity contribution in [2.24, 2.45) is 0 Å². The molecule has 0 aliphatic carbocycles. The van der Waals surface area contributed by atoms with E-state index in [0.29, 0.717) is 12.2 Å². The molecular formula is C22H22ClN3O3. The zero-order valence-corrected chi connectivity index (χ0v) is 17.0. The molecule has 1 N–H and O–H groups in total. The lowest BCUT2D eigenvalue weighted by Crippen LogP contribution is -2.31. The van der Waals surface area contributed by atoms with Gasteiger partial charge in [-0.1, -0.05) is 72.3 Å². The Balaban J connectivity index is 1.60. The number of nitrogens with one attached hydrogen (secondary N) is 1. The number of rotatable bonds is 7. The minimum absolute atomic E-state index is 0.173. The van der Waals surface area contributed by atoms with E-state index in [-0.39, 0.29) is 22.7 Å². The Kier molecular flexibility index (Phi) is 6.67. The Bertz CT molecular complexity index is 987. The summed E-state index contributed by atoms with van der Waals surface area (Å²) in [5, 5.41) is 7.31. The van der Waals surface area contributed by atoms with E-state index in [9.17, 15) is 9.59 Å². The number of carbonyl (C=O) groups excluding carboxylic acids is 2. The summed E-state index contributed by atoms with van der Waals surface area (Å²) in [5.41, 5.74) is 2.60. The van der Waals surface area contributed by atoms with Gasteiger partial charge in [-0.25, -0.2) is 9.48 Å². The number of benzene rings is 2. The summed E-state index contributed by atoms with van der Waals surface area (Å²) in [6, 6.07) is 19.0. The molecule has 0 saturated carbocycles. The fourth-order valence-corrected chi connectivity index (χ4v) is 3.27. The van der Waals surface area contributed by atoms with E-state index in [1.807, 2.05) is 67.6 Å². The van der Waals surface area contributed by atoms with Gasteiger partial charge in [0.2, 0.25) is 0 Å². The lowest BCUT2D eigenvalue weighted by Gasteiger charge is -2.14. The van der Waals surface area contributed by atoms with E-state index >= 15 is 0 Å². The summed E-state index contributed by atoms with van der Waals surface area (Å²) in [6.07, 6.45) is 0. The number of nitrogens with zero attached hydrogens (tertiary/aromatic N) is 2. The smallest absolute Gasteiger partial charge is 0.343 e. The molecule has 0 saturated heterocycles. The predicted octanol–water partition coefficient (Wildman–Crippen LogP) is 3.93. The molecule has 7 heteroatoms. The van der Waals surface area contributed by atoms with Crippen molar-refractivity contribution < 1.29 is 14.3 Å². The maximum Gasteiger partial charge on any atom is 0.343 e. The van der Waals surface area contributed by atoms with Crippen molar-refractivity contribution in [2.75, 3.05) is 6.61 Å². The molecule has 2 aromatic carbocycles. The van der Waals surface area contributed by atoms with Gasteiger partial charge >= 0.3 is 5.97 Å². The Morgan fingerprint density at radius 2 is 1.72 bits per heavy atom. The van der Waals surface area contributed by atoms with E-state index < -0.39 is 12.6 Å². The highest BCUT2D eigenvalue weighted by molar-refractivity contribution is 6.32. The molecule has 0 aliphatic heterocycles. The highest BCUT2D eigenvalue weighted by Gasteiger charge is 2.23. The fraction of sp³-hybridized carbons (Fsp3) is 0.227. The van der Waals surface area contributed by atoms with E-state index in [2.05, 4.69) is 10.4 Å². The van der Waals surface area contributed by atoms with Gasteiger partial charge in [-0.15, -0.1) is 0 Å². The zero-order valence-electron chi connectivity index (χ0n) is 16.3. The molecule has 1 amide bonds. The van der Waals surface area contributed by atoms with Crippen LogP contribution in [0.15, 0.2) is 60.7 Å². The maximum atomic E-state index is 12.5. The number of ether oxygens (including phenoxy) is 1. The second kappa shape index (κ2) is 9.39. The molecule has 3 rings (SSSR count). The Morgan fingerprint density at radius 1 is 1.10 bits per heavy atom. The first kappa shape index (κ1) is 20.6. The van der Waals surface area contributed by atoms with Crippen LogP contribution in [0.2, 0.25) is 5.15 Å². The summed E-state index contributed by atoms with van der Waals surface area (Å²) >= 11 is 6.35. The third kappa shape index (κ3) is 5.23. The van der Waals surface area contributed by atoms with Crippen molar-refractivity contribution in [3.63, 3.8) is 0 Å². The van der Waals surface area contributed by atoms with E-state index in [0.717, 1.165) is 11.1 Å². The summed E-state index contributed by atoms with van der Waals surface area (Å²) in [7, 11) is 0. The van der Waals surface area contributed by atoms with Crippen LogP contribution < -0.4 is 5.32 Å². The van der Waals surface area contributed by atoms with E-state index in [1.165, 1.54) is 0 Å². The molecule has 6 nitrogen and oxygen atoms in total. The standard InChI is InChI=1S/C22H22ClN3O3/c1-15(18-11-7-4-8-12-18)24-19(27)14-29-22(28)20-16(2)25-26(21(20)23)13-17-9-5-3-6-10-17/h3-12,15H,13-14H2,1-2H3,(H,24,27)/t15-/m0/s1. The Morgan fingerprint density at radius 3 is 2.38 bits per heavy atom. The van der Waals surface area contributed by atoms with Gasteiger partial charge in [0.15, 0.2) is 6.61 Å². The van der Waals surface area contributed by atoms with E-state index in [4.69, 9.17) is 16.3 Å². The van der Waals surface area contributed by atoms with Crippen LogP contribution in [0, 0.1) is 6.92 Å². The van der Waals surface area contributed by atoms with Gasteiger partial charge in [0.1, 0.15) is 10.7 Å². The molecular weight excluding hydrogens is 390 g/mol. The molecule has 0 bridgehead atoms. The lowest BCUT2D eigenvalue weighted by molar-refractivity contribution is -0.124. The second-order valence-corrected chi connectivity index (χ2v) is 7.03. The van der Waals surface area contributed by atoms with Crippen LogP contribution in [0.4, 0.5) is 0 Å². The molecule has 1 atom stereocenters. The summed E-state index contributed by atoms with van der Waals surface area (Å²) in [6.45, 7) is 3.59. The average molecular weight is 412 g/mol. The molecule has 150 valence electrons. The number of aryl methyl sites for hydroxylation is 1. The van der Waals surface area contributed by atoms with Crippen molar-refractivity contribution >= 4 is 23.5 Å². The normalized spacial score (nSPS) is 11.7. The molecule has 1 heterocycles. The Labute approximate surface area is 174 Å². The third-order valence-electron chi connectivity index (χ3n) is 4.46. The van der Waals surface area contributed by atoms with Gasteiger partial charge in [0.25, 0.3) is 5.91 Å². The van der Waals surface area contributed by atoms with Crippen molar-refractivity contribution in [3.8, 4) is 0 Å². The highest BCUT2D eigenvalue weighted by Crippen LogP contribution is 2.22. The first-order chi connectivity index (χ1) is 14.0. The predicted molar refractivity (Wildman–Crippen MR) is 111 cm³/mol. The number of hydrogen-bond acceptors (Lipinski definition) is 4. The summed E-state index contributed by atoms with van der Waals surface area (Å²) in [4.78, 5) is 24.6. The van der Waals surface area contributed by atoms with Crippen LogP contribution in [-0.4, -0.2) is 28.3 Å². The van der Waals surface area contributed by atoms with Crippen molar-refractivity contribution in [1.82, 2.24) is 15.1 Å². The number of aromatic nitrogens is 2. The van der Waals surface area contributed by atoms with Crippen LogP contribution in [0.3, 0.4) is 0 Å². The third-order valence-corrected chi connectivity index (χ3v) is 4.84. The average Bonchev–Trinajstić information content (AvgIpc) is 3.00. The van der Waals surface area contributed by atoms with Gasteiger partial charge < -0.3 is 10.1 Å². The van der Waals surface area contributed by atoms with Gasteiger partial charge in [-0.05, 0) is 25.0 Å². The highest BCUT2D eigenvalue weighted by atomic mass is 35.5. The van der Waals surface area contributed by atoms with Crippen LogP contribution in [-0.2, 0) is 16.1 Å². The van der Waals surface area contributed by atoms with Gasteiger partial charge in [-0.2, -0.15) is 5.10 Å². The van der Waals surface area contributed by atoms with Crippen molar-refractivity contribution in [3.05, 3.63) is 88.2 Å². The first-order valence-corrected chi connectivity index (χ1v) is 9.61. The lowest BCUT2D eigenvalue weighted by atomic mass is 10.1. The molecule has 0 fully saturated rings. The first-order valence-electron chi connectivity index (χ1n) is 9.24. The number of carbonyl (C=O) groups is 2. The molecule has 3 aromatic rings. The van der Waals surface area contributed by atoms with Gasteiger partial charge in [0, 0.05) is 0 Å². The van der Waals surface area contributed by atoms with Crippen LogP contribution in [0.1, 0.15) is 40.1 Å². The number of amides is 1. The van der Waals surface area contributed by atoms with Gasteiger partial charge in [-0.3, -0.25) is 4.79 Å². The molecule has 0 spiro atoms. The maximum absolute atomic E-state index is 12.5. The minimum atomic E-state index is -0.672. The Hall–Kier alpha value is -3.12. The number of halogens is 1. The SMILES string of the molecule is Cc1nn(Cc2ccccc2)c(Cl)c1C(=O)OCC(=O)N[C@@H](C)c1ccccc1. The summed E-state index contributed by atoms with van der Waals surface area (Å²) in [5.74, 6) is -1.06. The van der Waals surface area contributed by atoms with Crippen molar-refractivity contribution in [1.29, 1.82) is 0 Å². The van der Waals surface area contributed by atoms with E-state index in [1.54, 1.807) is 11.6 Å². The fourth-order valence-electron chi connectivity index (χ4n) is 2.96. The molecule has 29 heavy (non-hydrogen) atoms. The topological polar surface area (TPSA) is 73.2 Å². The second-order valence-electron chi connectivity index (χ2n) is 6.67. The van der Waals surface area contributed by atoms with Crippen molar-refractivity contribution in [2.45, 2.75) is 26.4 Å². The monoisotopic (exact) mass is 411 g/mol. The summed E-state index contributed by atoms with van der Waals surface area (Å²) < 4.78 is 6.71. The molecule has 0 radical (unpaired) electrons. The molecule has 1 aromatic heterocycles. The van der Waals surface area contributed by atoms with Crippen LogP contribution in [0.25, 0.3) is 0 Å². The largest absolute Gasteiger partial charge is 0.452 e. The van der Waals surface area contributed by atoms with Gasteiger partial charge in [0.05, 0.1) is 18.3 Å². The number of hydrogen-bond donors (Lipinski definition) is 1. The zero-order chi connectivity index (χ0) is 20.8. The van der Waals surface area contributed by atoms with Crippen LogP contribution >= 0.6 is 11.6 Å².